The molecule has 0 spiro atoms. The number of nitrogens with one attached hydrogen (secondary N) is 1. The molecule has 0 aromatic carbocycles. The van der Waals surface area contributed by atoms with E-state index in [1.807, 2.05) is 0 Å². The molecule has 2 rings (SSSR count). The van der Waals surface area contributed by atoms with Crippen LogP contribution in [0.25, 0.3) is 0 Å². The zero-order chi connectivity index (χ0) is 10.7. The summed E-state index contributed by atoms with van der Waals surface area (Å²) in [6.07, 6.45) is 5.14. The molecule has 1 atom stereocenters. The maximum Gasteiger partial charge on any atom is 0.345 e. The predicted molar refractivity (Wildman–Crippen MR) is 57.7 cm³/mol. The molecule has 2 heterocycles. The van der Waals surface area contributed by atoms with Crippen molar-refractivity contribution in [1.82, 2.24) is 19.7 Å². The molecule has 0 saturated carbocycles. The third-order valence-electron chi connectivity index (χ3n) is 3.03. The molecule has 5 heteroatoms. The second-order valence-corrected chi connectivity index (χ2v) is 4.25. The van der Waals surface area contributed by atoms with E-state index < -0.39 is 0 Å². The Kier molecular flexibility index (Phi) is 3.20. The first-order valence-electron chi connectivity index (χ1n) is 5.56. The monoisotopic (exact) mass is 210 g/mol. The number of hydrogen-bond donors (Lipinski definition) is 1. The Balaban J connectivity index is 1.87. The second-order valence-electron chi connectivity index (χ2n) is 4.25. The summed E-state index contributed by atoms with van der Waals surface area (Å²) in [6, 6.07) is 0. The molecule has 15 heavy (non-hydrogen) atoms. The van der Waals surface area contributed by atoms with Crippen molar-refractivity contribution in [1.29, 1.82) is 0 Å². The third kappa shape index (κ3) is 2.47. The largest absolute Gasteiger partial charge is 0.345 e. The van der Waals surface area contributed by atoms with Gasteiger partial charge in [0.2, 0.25) is 0 Å². The Morgan fingerprint density at radius 1 is 1.67 bits per heavy atom. The molecule has 1 saturated heterocycles. The summed E-state index contributed by atoms with van der Waals surface area (Å²) in [7, 11) is 1.73. The van der Waals surface area contributed by atoms with Gasteiger partial charge in [-0.25, -0.2) is 9.48 Å². The smallest absolute Gasteiger partial charge is 0.316 e. The highest BCUT2D eigenvalue weighted by atomic mass is 16.2. The molecule has 5 nitrogen and oxygen atoms in total. The first-order chi connectivity index (χ1) is 7.27. The maximum atomic E-state index is 11.5. The van der Waals surface area contributed by atoms with E-state index >= 15 is 0 Å². The summed E-state index contributed by atoms with van der Waals surface area (Å²) in [6.45, 7) is 2.97. The quantitative estimate of drug-likeness (QED) is 0.762. The minimum absolute atomic E-state index is 0.0150. The molecule has 1 aromatic rings. The molecule has 0 radical (unpaired) electrons. The van der Waals surface area contributed by atoms with Crippen molar-refractivity contribution >= 4 is 0 Å². The molecular formula is C10H18N4O. The summed E-state index contributed by atoms with van der Waals surface area (Å²) in [4.78, 5) is 11.5. The van der Waals surface area contributed by atoms with Crippen LogP contribution in [-0.2, 0) is 13.6 Å². The van der Waals surface area contributed by atoms with E-state index in [0.29, 0.717) is 5.92 Å². The van der Waals surface area contributed by atoms with Gasteiger partial charge in [0.25, 0.3) is 0 Å². The van der Waals surface area contributed by atoms with Crippen molar-refractivity contribution < 1.29 is 0 Å². The first-order valence-corrected chi connectivity index (χ1v) is 5.56. The lowest BCUT2D eigenvalue weighted by molar-refractivity contribution is 0.333. The van der Waals surface area contributed by atoms with Gasteiger partial charge in [0, 0.05) is 13.6 Å². The van der Waals surface area contributed by atoms with Crippen LogP contribution in [0.15, 0.2) is 11.1 Å². The van der Waals surface area contributed by atoms with Crippen LogP contribution >= 0.6 is 0 Å². The van der Waals surface area contributed by atoms with Crippen molar-refractivity contribution in [3.63, 3.8) is 0 Å². The van der Waals surface area contributed by atoms with Crippen molar-refractivity contribution in [2.24, 2.45) is 13.0 Å². The molecule has 1 aliphatic heterocycles. The van der Waals surface area contributed by atoms with Gasteiger partial charge in [0.05, 0.1) is 0 Å². The van der Waals surface area contributed by atoms with E-state index in [9.17, 15) is 4.79 Å². The zero-order valence-corrected chi connectivity index (χ0v) is 9.15. The van der Waals surface area contributed by atoms with Gasteiger partial charge in [-0.1, -0.05) is 0 Å². The fourth-order valence-corrected chi connectivity index (χ4v) is 2.05. The number of aromatic nitrogens is 3. The summed E-state index contributed by atoms with van der Waals surface area (Å²) >= 11 is 0. The van der Waals surface area contributed by atoms with Crippen LogP contribution in [0.3, 0.4) is 0 Å². The number of piperidine rings is 1. The van der Waals surface area contributed by atoms with Crippen LogP contribution < -0.4 is 11.0 Å². The van der Waals surface area contributed by atoms with E-state index in [-0.39, 0.29) is 5.69 Å². The van der Waals surface area contributed by atoms with Gasteiger partial charge in [-0.2, -0.15) is 5.10 Å². The van der Waals surface area contributed by atoms with Gasteiger partial charge < -0.3 is 5.32 Å². The van der Waals surface area contributed by atoms with Crippen molar-refractivity contribution in [3.8, 4) is 0 Å². The molecule has 1 fully saturated rings. The second kappa shape index (κ2) is 4.61. The van der Waals surface area contributed by atoms with Crippen LogP contribution in [-0.4, -0.2) is 27.4 Å². The van der Waals surface area contributed by atoms with E-state index in [1.54, 1.807) is 18.1 Å². The fourth-order valence-electron chi connectivity index (χ4n) is 2.05. The normalized spacial score (nSPS) is 21.8. The third-order valence-corrected chi connectivity index (χ3v) is 3.03. The van der Waals surface area contributed by atoms with Gasteiger partial charge in [0.1, 0.15) is 6.33 Å². The summed E-state index contributed by atoms with van der Waals surface area (Å²) in [5, 5.41) is 7.42. The number of aryl methyl sites for hydroxylation is 2. The molecule has 1 unspecified atom stereocenters. The Bertz CT molecular complexity index is 362. The summed E-state index contributed by atoms with van der Waals surface area (Å²) in [5.41, 5.74) is -0.0150. The van der Waals surface area contributed by atoms with Crippen molar-refractivity contribution in [2.45, 2.75) is 25.8 Å². The van der Waals surface area contributed by atoms with Crippen LogP contribution in [0.4, 0.5) is 0 Å². The van der Waals surface area contributed by atoms with Crippen LogP contribution in [0, 0.1) is 5.92 Å². The van der Waals surface area contributed by atoms with Gasteiger partial charge in [-0.3, -0.25) is 4.57 Å². The topological polar surface area (TPSA) is 51.9 Å². The Morgan fingerprint density at radius 3 is 3.13 bits per heavy atom. The van der Waals surface area contributed by atoms with Crippen molar-refractivity contribution in [2.75, 3.05) is 13.1 Å². The highest BCUT2D eigenvalue weighted by Crippen LogP contribution is 2.13. The lowest BCUT2D eigenvalue weighted by atomic mass is 9.96. The van der Waals surface area contributed by atoms with Gasteiger partial charge in [-0.15, -0.1) is 0 Å². The Hall–Kier alpha value is -1.10. The molecular weight excluding hydrogens is 192 g/mol. The molecule has 1 aromatic heterocycles. The molecule has 1 aliphatic rings. The Morgan fingerprint density at radius 2 is 2.53 bits per heavy atom. The standard InChI is InChI=1S/C10H18N4O/c1-13-8-12-14(10(13)15)6-4-9-3-2-5-11-7-9/h8-9,11H,2-7H2,1H3. The molecule has 0 bridgehead atoms. The predicted octanol–water partition coefficient (Wildman–Crippen LogP) is -0.0285. The summed E-state index contributed by atoms with van der Waals surface area (Å²) in [5.74, 6) is 0.702. The number of hydrogen-bond acceptors (Lipinski definition) is 3. The van der Waals surface area contributed by atoms with E-state index in [2.05, 4.69) is 10.4 Å². The molecule has 0 aliphatic carbocycles. The lowest BCUT2D eigenvalue weighted by Crippen LogP contribution is -2.31. The summed E-state index contributed by atoms with van der Waals surface area (Å²) < 4.78 is 3.06. The van der Waals surface area contributed by atoms with Crippen LogP contribution in [0.1, 0.15) is 19.3 Å². The van der Waals surface area contributed by atoms with Crippen LogP contribution in [0.5, 0.6) is 0 Å². The molecule has 1 N–H and O–H groups in total. The average molecular weight is 210 g/mol. The average Bonchev–Trinajstić information content (AvgIpc) is 2.59. The van der Waals surface area contributed by atoms with E-state index in [0.717, 1.165) is 26.1 Å². The minimum atomic E-state index is -0.0150. The Labute approximate surface area is 89.1 Å². The zero-order valence-electron chi connectivity index (χ0n) is 9.15. The van der Waals surface area contributed by atoms with Gasteiger partial charge >= 0.3 is 5.69 Å². The van der Waals surface area contributed by atoms with Crippen molar-refractivity contribution in [3.05, 3.63) is 16.8 Å². The van der Waals surface area contributed by atoms with Gasteiger partial charge in [0.15, 0.2) is 0 Å². The molecule has 84 valence electrons. The highest BCUT2D eigenvalue weighted by molar-refractivity contribution is 4.71. The SMILES string of the molecule is Cn1cnn(CCC2CCCNC2)c1=O. The van der Waals surface area contributed by atoms with Crippen LogP contribution in [0.2, 0.25) is 0 Å². The van der Waals surface area contributed by atoms with E-state index in [4.69, 9.17) is 0 Å². The molecule has 0 amide bonds. The fraction of sp³-hybridized carbons (Fsp3) is 0.800. The van der Waals surface area contributed by atoms with Gasteiger partial charge in [-0.05, 0) is 38.3 Å². The number of nitrogens with zero attached hydrogens (tertiary/aromatic N) is 3. The number of rotatable bonds is 3. The first kappa shape index (κ1) is 10.4. The minimum Gasteiger partial charge on any atom is -0.316 e. The highest BCUT2D eigenvalue weighted by Gasteiger charge is 2.13. The lowest BCUT2D eigenvalue weighted by Gasteiger charge is -2.22. The van der Waals surface area contributed by atoms with E-state index in [1.165, 1.54) is 17.4 Å². The maximum absolute atomic E-state index is 11.5.